The summed E-state index contributed by atoms with van der Waals surface area (Å²) >= 11 is 0. The first-order valence-electron chi connectivity index (χ1n) is 10.6. The smallest absolute Gasteiger partial charge is 0.217 e. The predicted octanol–water partition coefficient (Wildman–Crippen LogP) is 5.56. The number of halogens is 2. The predicted molar refractivity (Wildman–Crippen MR) is 134 cm³/mol. The topological polar surface area (TPSA) is 47.5 Å². The van der Waals surface area contributed by atoms with Crippen LogP contribution in [0.5, 0.6) is 11.6 Å². The average molecular weight is 476 g/mol. The molecule has 4 rings (SSSR count). The third kappa shape index (κ3) is 6.83. The summed E-state index contributed by atoms with van der Waals surface area (Å²) in [5.41, 5.74) is 3.32. The lowest BCUT2D eigenvalue weighted by molar-refractivity contribution is 0.171. The van der Waals surface area contributed by atoms with Gasteiger partial charge in [0.15, 0.2) is 5.82 Å². The lowest BCUT2D eigenvalue weighted by Gasteiger charge is -2.32. The molecule has 1 saturated heterocycles. The van der Waals surface area contributed by atoms with Crippen molar-refractivity contribution in [2.45, 2.75) is 25.7 Å². The molecule has 1 aliphatic heterocycles. The number of likely N-dealkylation sites (tertiary alicyclic amines) is 1. The van der Waals surface area contributed by atoms with Gasteiger partial charge in [-0.2, -0.15) is 4.98 Å². The van der Waals surface area contributed by atoms with Crippen LogP contribution in [0.15, 0.2) is 60.7 Å². The zero-order valence-corrected chi connectivity index (χ0v) is 20.2. The van der Waals surface area contributed by atoms with Gasteiger partial charge in [0.1, 0.15) is 12.4 Å². The number of ether oxygens (including phenoxy) is 2. The van der Waals surface area contributed by atoms with Crippen LogP contribution in [0.25, 0.3) is 11.4 Å². The van der Waals surface area contributed by atoms with E-state index >= 15 is 0 Å². The Kier molecular flexibility index (Phi) is 10.2. The molecule has 2 aromatic carbocycles. The highest BCUT2D eigenvalue weighted by atomic mass is 35.5. The van der Waals surface area contributed by atoms with Crippen molar-refractivity contribution in [1.82, 2.24) is 14.9 Å². The molecule has 32 heavy (non-hydrogen) atoms. The van der Waals surface area contributed by atoms with E-state index in [0.717, 1.165) is 36.6 Å². The molecule has 0 atom stereocenters. The number of aromatic nitrogens is 2. The lowest BCUT2D eigenvalue weighted by atomic mass is 9.89. The molecule has 1 aliphatic rings. The van der Waals surface area contributed by atoms with Crippen LogP contribution in [-0.2, 0) is 0 Å². The summed E-state index contributed by atoms with van der Waals surface area (Å²) in [6, 6.07) is 20.5. The third-order valence-corrected chi connectivity index (χ3v) is 5.69. The zero-order chi connectivity index (χ0) is 20.8. The summed E-state index contributed by atoms with van der Waals surface area (Å²) in [7, 11) is 1.66. The van der Waals surface area contributed by atoms with E-state index in [1.54, 1.807) is 7.11 Å². The number of hydrogen-bond donors (Lipinski definition) is 0. The molecule has 0 radical (unpaired) electrons. The molecule has 0 bridgehead atoms. The highest BCUT2D eigenvalue weighted by Crippen LogP contribution is 2.27. The standard InChI is InChI=1S/C25H29N3O2.2ClH/c1-19-18-24(27-25(26-19)22-8-10-23(29-2)11-9-22)30-17-16-28-14-12-21(13-15-28)20-6-4-3-5-7-20;;/h3-11,18,21H,12-17H2,1-2H3;2*1H. The van der Waals surface area contributed by atoms with Gasteiger partial charge in [0, 0.05) is 23.9 Å². The molecule has 0 spiro atoms. The van der Waals surface area contributed by atoms with Crippen molar-refractivity contribution >= 4 is 24.8 Å². The number of hydrogen-bond acceptors (Lipinski definition) is 5. The number of methoxy groups -OCH3 is 1. The van der Waals surface area contributed by atoms with Gasteiger partial charge in [-0.25, -0.2) is 4.98 Å². The Hall–Kier alpha value is -2.34. The Morgan fingerprint density at radius 2 is 1.62 bits per heavy atom. The van der Waals surface area contributed by atoms with Crippen molar-refractivity contribution in [3.05, 3.63) is 71.9 Å². The average Bonchev–Trinajstić information content (AvgIpc) is 2.80. The minimum absolute atomic E-state index is 0. The van der Waals surface area contributed by atoms with Gasteiger partial charge in [-0.15, -0.1) is 24.8 Å². The fraction of sp³-hybridized carbons (Fsp3) is 0.360. The second-order valence-electron chi connectivity index (χ2n) is 7.77. The second kappa shape index (κ2) is 12.6. The molecule has 0 unspecified atom stereocenters. The van der Waals surface area contributed by atoms with E-state index < -0.39 is 0 Å². The summed E-state index contributed by atoms with van der Waals surface area (Å²) in [4.78, 5) is 11.6. The molecule has 2 heterocycles. The van der Waals surface area contributed by atoms with E-state index in [1.165, 1.54) is 18.4 Å². The van der Waals surface area contributed by atoms with Crippen molar-refractivity contribution in [3.8, 4) is 23.0 Å². The highest BCUT2D eigenvalue weighted by Gasteiger charge is 2.20. The van der Waals surface area contributed by atoms with Gasteiger partial charge in [0.2, 0.25) is 5.88 Å². The van der Waals surface area contributed by atoms with Crippen molar-refractivity contribution < 1.29 is 9.47 Å². The van der Waals surface area contributed by atoms with Gasteiger partial charge in [-0.3, -0.25) is 4.90 Å². The minimum atomic E-state index is 0. The van der Waals surface area contributed by atoms with Gasteiger partial charge >= 0.3 is 0 Å². The summed E-state index contributed by atoms with van der Waals surface area (Å²) in [6.07, 6.45) is 2.41. The molecule has 1 fully saturated rings. The van der Waals surface area contributed by atoms with Crippen molar-refractivity contribution in [2.24, 2.45) is 0 Å². The molecular weight excluding hydrogens is 445 g/mol. The monoisotopic (exact) mass is 475 g/mol. The molecular formula is C25H31Cl2N3O2. The van der Waals surface area contributed by atoms with Crippen LogP contribution >= 0.6 is 24.8 Å². The normalized spacial score (nSPS) is 14.2. The molecule has 0 amide bonds. The molecule has 5 nitrogen and oxygen atoms in total. The van der Waals surface area contributed by atoms with Gasteiger partial charge in [0.25, 0.3) is 0 Å². The van der Waals surface area contributed by atoms with Crippen LogP contribution in [0, 0.1) is 6.92 Å². The van der Waals surface area contributed by atoms with Crippen LogP contribution in [0.3, 0.4) is 0 Å². The van der Waals surface area contributed by atoms with E-state index in [4.69, 9.17) is 9.47 Å². The number of benzene rings is 2. The van der Waals surface area contributed by atoms with E-state index in [0.29, 0.717) is 24.2 Å². The van der Waals surface area contributed by atoms with Crippen LogP contribution in [-0.4, -0.2) is 48.2 Å². The summed E-state index contributed by atoms with van der Waals surface area (Å²) in [5, 5.41) is 0. The molecule has 172 valence electrons. The summed E-state index contributed by atoms with van der Waals surface area (Å²) in [6.45, 7) is 5.75. The van der Waals surface area contributed by atoms with Crippen molar-refractivity contribution in [1.29, 1.82) is 0 Å². The number of rotatable bonds is 7. The highest BCUT2D eigenvalue weighted by molar-refractivity contribution is 5.85. The minimum Gasteiger partial charge on any atom is -0.497 e. The van der Waals surface area contributed by atoms with Gasteiger partial charge in [0.05, 0.1) is 7.11 Å². The Bertz CT molecular complexity index is 947. The maximum atomic E-state index is 5.99. The Labute approximate surface area is 203 Å². The molecule has 1 aromatic heterocycles. The number of piperidine rings is 1. The maximum absolute atomic E-state index is 5.99. The lowest BCUT2D eigenvalue weighted by Crippen LogP contribution is -2.35. The first kappa shape index (κ1) is 25.9. The summed E-state index contributed by atoms with van der Waals surface area (Å²) in [5.74, 6) is 2.81. The van der Waals surface area contributed by atoms with Crippen molar-refractivity contribution in [3.63, 3.8) is 0 Å². The van der Waals surface area contributed by atoms with Gasteiger partial charge < -0.3 is 9.47 Å². The van der Waals surface area contributed by atoms with E-state index in [-0.39, 0.29) is 24.8 Å². The fourth-order valence-corrected chi connectivity index (χ4v) is 3.98. The number of aryl methyl sites for hydroxylation is 1. The largest absolute Gasteiger partial charge is 0.497 e. The van der Waals surface area contributed by atoms with E-state index in [9.17, 15) is 0 Å². The molecule has 0 N–H and O–H groups in total. The fourth-order valence-electron chi connectivity index (χ4n) is 3.98. The maximum Gasteiger partial charge on any atom is 0.217 e. The molecule has 3 aromatic rings. The molecule has 0 saturated carbocycles. The Morgan fingerprint density at radius 3 is 2.28 bits per heavy atom. The first-order valence-corrected chi connectivity index (χ1v) is 10.6. The van der Waals surface area contributed by atoms with Gasteiger partial charge in [-0.05, 0) is 68.6 Å². The Morgan fingerprint density at radius 1 is 0.938 bits per heavy atom. The quantitative estimate of drug-likeness (QED) is 0.447. The first-order chi connectivity index (χ1) is 14.7. The van der Waals surface area contributed by atoms with Crippen LogP contribution in [0.4, 0.5) is 0 Å². The summed E-state index contributed by atoms with van der Waals surface area (Å²) < 4.78 is 11.2. The molecule has 0 aliphatic carbocycles. The Balaban J connectivity index is 0.00000181. The van der Waals surface area contributed by atoms with Crippen LogP contribution in [0.1, 0.15) is 30.0 Å². The van der Waals surface area contributed by atoms with E-state index in [2.05, 4.69) is 45.2 Å². The van der Waals surface area contributed by atoms with Crippen molar-refractivity contribution in [2.75, 3.05) is 33.4 Å². The number of nitrogens with zero attached hydrogens (tertiary/aromatic N) is 3. The molecule has 7 heteroatoms. The second-order valence-corrected chi connectivity index (χ2v) is 7.77. The van der Waals surface area contributed by atoms with Crippen LogP contribution in [0.2, 0.25) is 0 Å². The third-order valence-electron chi connectivity index (χ3n) is 5.69. The van der Waals surface area contributed by atoms with Gasteiger partial charge in [-0.1, -0.05) is 30.3 Å². The zero-order valence-electron chi connectivity index (χ0n) is 18.6. The SMILES string of the molecule is COc1ccc(-c2nc(C)cc(OCCN3CCC(c4ccccc4)CC3)n2)cc1.Cl.Cl. The van der Waals surface area contributed by atoms with E-state index in [1.807, 2.05) is 37.3 Å². The van der Waals surface area contributed by atoms with Crippen LogP contribution < -0.4 is 9.47 Å².